The largest absolute Gasteiger partial charge is 0.456 e. The summed E-state index contributed by atoms with van der Waals surface area (Å²) in [6, 6.07) is 17.2. The summed E-state index contributed by atoms with van der Waals surface area (Å²) < 4.78 is 18.2. The SMILES string of the molecule is C=C1CC(=O)N[C@@H](C)C(=O)N(C)[C@@H](C(C)C)C(=O)NCC(=O)O[C@@H](/C(C)=C/c2cccc(C(OCc3ccccc3[N+](=O)[O-])OCc3ccccc3[N+](=O)[O-])c2)[C@@H]1C. The van der Waals surface area contributed by atoms with Crippen molar-refractivity contribution in [3.05, 3.63) is 133 Å². The maximum absolute atomic E-state index is 13.3. The first-order valence-electron chi connectivity index (χ1n) is 18.6. The van der Waals surface area contributed by atoms with Gasteiger partial charge in [0.05, 0.1) is 34.2 Å². The summed E-state index contributed by atoms with van der Waals surface area (Å²) in [6.45, 7) is 11.7. The number of rotatable bonds is 12. The van der Waals surface area contributed by atoms with Crippen molar-refractivity contribution in [1.29, 1.82) is 0 Å². The summed E-state index contributed by atoms with van der Waals surface area (Å²) in [4.78, 5) is 76.5. The highest BCUT2D eigenvalue weighted by Crippen LogP contribution is 2.30. The van der Waals surface area contributed by atoms with Crippen LogP contribution in [-0.4, -0.2) is 70.2 Å². The fourth-order valence-corrected chi connectivity index (χ4v) is 6.67. The number of nitrogens with one attached hydrogen (secondary N) is 2. The van der Waals surface area contributed by atoms with E-state index in [1.165, 1.54) is 43.1 Å². The number of carbonyl (C=O) groups is 4. The van der Waals surface area contributed by atoms with Crippen LogP contribution in [0.25, 0.3) is 6.08 Å². The molecule has 308 valence electrons. The molecule has 3 amide bonds. The Bertz CT molecular complexity index is 2000. The minimum atomic E-state index is -1.15. The predicted molar refractivity (Wildman–Crippen MR) is 213 cm³/mol. The second-order valence-electron chi connectivity index (χ2n) is 14.5. The number of benzene rings is 3. The van der Waals surface area contributed by atoms with Crippen LogP contribution in [0.3, 0.4) is 0 Å². The van der Waals surface area contributed by atoms with Gasteiger partial charge in [0.25, 0.3) is 11.4 Å². The Balaban J connectivity index is 1.67. The van der Waals surface area contributed by atoms with Crippen molar-refractivity contribution in [2.24, 2.45) is 11.8 Å². The van der Waals surface area contributed by atoms with Crippen LogP contribution in [0.1, 0.15) is 69.6 Å². The van der Waals surface area contributed by atoms with Gasteiger partial charge in [-0.05, 0) is 49.1 Å². The van der Waals surface area contributed by atoms with Gasteiger partial charge in [-0.1, -0.05) is 81.5 Å². The van der Waals surface area contributed by atoms with E-state index >= 15 is 0 Å². The molecule has 0 aliphatic carbocycles. The lowest BCUT2D eigenvalue weighted by Crippen LogP contribution is -2.55. The Morgan fingerprint density at radius 3 is 2.05 bits per heavy atom. The van der Waals surface area contributed by atoms with E-state index in [2.05, 4.69) is 17.2 Å². The Labute approximate surface area is 336 Å². The van der Waals surface area contributed by atoms with Crippen LogP contribution >= 0.6 is 0 Å². The molecule has 16 nitrogen and oxygen atoms in total. The molecule has 58 heavy (non-hydrogen) atoms. The lowest BCUT2D eigenvalue weighted by molar-refractivity contribution is -0.386. The number of nitro groups is 2. The molecule has 1 aliphatic heterocycles. The maximum Gasteiger partial charge on any atom is 0.326 e. The number of cyclic esters (lactones) is 1. The standard InChI is InChI=1S/C42H49N5O11/c1-25(2)38-40(50)43-22-37(49)58-39(28(5)26(3)20-36(48)44-29(6)41(51)45(38)7)27(4)19-30-13-12-16-31(21-30)42(56-23-32-14-8-10-17-34(32)46(52)53)57-24-33-15-9-11-18-35(33)47(54)55/h8-19,21,25,28-29,38-39,42H,3,20,22-24H2,1-2,4-7H3,(H,43,50)(H,44,48)/b27-19+/t28-,29+,38+,39+/m1/s1. The molecule has 16 heteroatoms. The van der Waals surface area contributed by atoms with Crippen molar-refractivity contribution in [3.8, 4) is 0 Å². The molecule has 1 fully saturated rings. The fourth-order valence-electron chi connectivity index (χ4n) is 6.67. The molecule has 3 aromatic carbocycles. The average Bonchev–Trinajstić information content (AvgIpc) is 3.18. The highest BCUT2D eigenvalue weighted by Gasteiger charge is 2.34. The number of amides is 3. The van der Waals surface area contributed by atoms with E-state index in [9.17, 15) is 39.4 Å². The summed E-state index contributed by atoms with van der Waals surface area (Å²) in [5.41, 5.74) is 2.34. The summed E-state index contributed by atoms with van der Waals surface area (Å²) >= 11 is 0. The van der Waals surface area contributed by atoms with E-state index in [1.54, 1.807) is 82.3 Å². The molecule has 0 unspecified atom stereocenters. The number of esters is 1. The van der Waals surface area contributed by atoms with Crippen LogP contribution < -0.4 is 10.6 Å². The zero-order valence-corrected chi connectivity index (χ0v) is 33.3. The molecule has 1 heterocycles. The maximum atomic E-state index is 13.3. The molecule has 0 radical (unpaired) electrons. The first-order valence-corrected chi connectivity index (χ1v) is 18.6. The zero-order valence-electron chi connectivity index (χ0n) is 33.3. The van der Waals surface area contributed by atoms with Gasteiger partial charge in [-0.25, -0.2) is 0 Å². The molecular formula is C42H49N5O11. The first-order chi connectivity index (χ1) is 27.5. The van der Waals surface area contributed by atoms with Gasteiger partial charge in [-0.15, -0.1) is 0 Å². The Morgan fingerprint density at radius 2 is 1.50 bits per heavy atom. The van der Waals surface area contributed by atoms with E-state index in [4.69, 9.17) is 14.2 Å². The van der Waals surface area contributed by atoms with E-state index < -0.39 is 70.5 Å². The van der Waals surface area contributed by atoms with Crippen LogP contribution in [0.4, 0.5) is 11.4 Å². The van der Waals surface area contributed by atoms with Crippen molar-refractivity contribution in [2.45, 2.75) is 78.7 Å². The second kappa shape index (κ2) is 20.2. The van der Waals surface area contributed by atoms with E-state index in [1.807, 2.05) is 0 Å². The molecule has 0 aromatic heterocycles. The molecule has 1 aliphatic rings. The molecule has 4 rings (SSSR count). The van der Waals surface area contributed by atoms with Gasteiger partial charge in [0, 0.05) is 37.1 Å². The summed E-state index contributed by atoms with van der Waals surface area (Å²) in [5, 5.41) is 28.7. The number of para-hydroxylation sites is 2. The normalized spacial score (nSPS) is 20.2. The van der Waals surface area contributed by atoms with Gasteiger partial charge >= 0.3 is 5.97 Å². The number of ether oxygens (including phenoxy) is 3. The third-order valence-electron chi connectivity index (χ3n) is 9.75. The minimum absolute atomic E-state index is 0.150. The van der Waals surface area contributed by atoms with Gasteiger partial charge in [0.2, 0.25) is 17.7 Å². The van der Waals surface area contributed by atoms with E-state index in [0.717, 1.165) is 0 Å². The first kappa shape index (κ1) is 44.5. The highest BCUT2D eigenvalue weighted by molar-refractivity contribution is 5.93. The molecule has 3 aromatic rings. The zero-order chi connectivity index (χ0) is 42.7. The lowest BCUT2D eigenvalue weighted by Gasteiger charge is -2.32. The van der Waals surface area contributed by atoms with Crippen molar-refractivity contribution < 1.29 is 43.2 Å². The number of carbonyl (C=O) groups excluding carboxylic acids is 4. The van der Waals surface area contributed by atoms with Crippen molar-refractivity contribution >= 4 is 41.1 Å². The fraction of sp³-hybridized carbons (Fsp3) is 0.381. The average molecular weight is 800 g/mol. The van der Waals surface area contributed by atoms with Crippen LogP contribution in [-0.2, 0) is 46.6 Å². The molecule has 4 atom stereocenters. The molecule has 0 spiro atoms. The van der Waals surface area contributed by atoms with Gasteiger partial charge in [-0.2, -0.15) is 0 Å². The smallest absolute Gasteiger partial charge is 0.326 e. The molecular weight excluding hydrogens is 750 g/mol. The minimum Gasteiger partial charge on any atom is -0.456 e. The van der Waals surface area contributed by atoms with Crippen molar-refractivity contribution in [1.82, 2.24) is 15.5 Å². The third kappa shape index (κ3) is 11.6. The van der Waals surface area contributed by atoms with Gasteiger partial charge in [0.1, 0.15) is 24.7 Å². The molecule has 2 N–H and O–H groups in total. The molecule has 0 bridgehead atoms. The summed E-state index contributed by atoms with van der Waals surface area (Å²) in [7, 11) is 1.47. The number of hydrogen-bond acceptors (Lipinski definition) is 11. The van der Waals surface area contributed by atoms with Crippen LogP contribution in [0.5, 0.6) is 0 Å². The van der Waals surface area contributed by atoms with Crippen molar-refractivity contribution in [3.63, 3.8) is 0 Å². The Hall–Kier alpha value is -6.26. The predicted octanol–water partition coefficient (Wildman–Crippen LogP) is 5.95. The topological polar surface area (TPSA) is 210 Å². The molecule has 0 saturated carbocycles. The third-order valence-corrected chi connectivity index (χ3v) is 9.75. The van der Waals surface area contributed by atoms with Crippen LogP contribution in [0.2, 0.25) is 0 Å². The van der Waals surface area contributed by atoms with Crippen molar-refractivity contribution in [2.75, 3.05) is 13.6 Å². The highest BCUT2D eigenvalue weighted by atomic mass is 16.7. The lowest BCUT2D eigenvalue weighted by atomic mass is 9.88. The summed E-state index contributed by atoms with van der Waals surface area (Å²) in [6.07, 6.45) is -0.501. The quantitative estimate of drug-likeness (QED) is 0.0719. The number of likely N-dealkylation sites (N-methyl/N-ethyl adjacent to an activating group) is 1. The van der Waals surface area contributed by atoms with Gasteiger partial charge in [0.15, 0.2) is 6.29 Å². The van der Waals surface area contributed by atoms with E-state index in [-0.39, 0.29) is 48.1 Å². The van der Waals surface area contributed by atoms with Gasteiger partial charge < -0.3 is 29.7 Å². The number of hydrogen-bond donors (Lipinski definition) is 2. The summed E-state index contributed by atoms with van der Waals surface area (Å²) in [5.74, 6) is -3.18. The molecule has 1 saturated heterocycles. The second-order valence-corrected chi connectivity index (χ2v) is 14.5. The van der Waals surface area contributed by atoms with E-state index in [0.29, 0.717) is 22.3 Å². The van der Waals surface area contributed by atoms with Gasteiger partial charge in [-0.3, -0.25) is 39.4 Å². The van der Waals surface area contributed by atoms with Crippen LogP contribution in [0.15, 0.2) is 90.5 Å². The number of nitro benzene ring substituents is 2. The Kier molecular flexibility index (Phi) is 15.5. The monoisotopic (exact) mass is 799 g/mol. The number of nitrogens with zero attached hydrogens (tertiary/aromatic N) is 3. The Morgan fingerprint density at radius 1 is 0.931 bits per heavy atom. The van der Waals surface area contributed by atoms with Crippen LogP contribution in [0, 0.1) is 32.1 Å².